The van der Waals surface area contributed by atoms with Gasteiger partial charge >= 0.3 is 0 Å². The second-order valence-corrected chi connectivity index (χ2v) is 8.85. The van der Waals surface area contributed by atoms with Crippen molar-refractivity contribution in [3.8, 4) is 0 Å². The number of hydrogen-bond donors (Lipinski definition) is 0. The van der Waals surface area contributed by atoms with Crippen LogP contribution in [0.5, 0.6) is 0 Å². The Morgan fingerprint density at radius 3 is 2.48 bits per heavy atom. The van der Waals surface area contributed by atoms with Crippen molar-refractivity contribution in [2.75, 3.05) is 11.9 Å². The molecule has 0 unspecified atom stereocenters. The van der Waals surface area contributed by atoms with Crippen LogP contribution < -0.4 is 4.90 Å². The molecule has 4 nitrogen and oxygen atoms in total. The Morgan fingerprint density at radius 2 is 1.93 bits per heavy atom. The van der Waals surface area contributed by atoms with Gasteiger partial charge < -0.3 is 9.47 Å². The zero-order valence-corrected chi connectivity index (χ0v) is 16.9. The van der Waals surface area contributed by atoms with E-state index in [9.17, 15) is 13.6 Å². The van der Waals surface area contributed by atoms with Gasteiger partial charge in [-0.1, -0.05) is 20.8 Å². The molecule has 1 saturated carbocycles. The van der Waals surface area contributed by atoms with Crippen LogP contribution in [-0.4, -0.2) is 28.4 Å². The highest BCUT2D eigenvalue weighted by Crippen LogP contribution is 2.38. The molecular weight excluding hydrogens is 348 g/mol. The monoisotopic (exact) mass is 377 g/mol. The highest BCUT2D eigenvalue weighted by Gasteiger charge is 2.35. The van der Waals surface area contributed by atoms with E-state index in [1.165, 1.54) is 6.92 Å². The van der Waals surface area contributed by atoms with Crippen molar-refractivity contribution in [1.82, 2.24) is 9.55 Å². The molecule has 1 fully saturated rings. The van der Waals surface area contributed by atoms with Gasteiger partial charge in [-0.05, 0) is 37.0 Å². The molecule has 0 aliphatic heterocycles. The Morgan fingerprint density at radius 1 is 1.30 bits per heavy atom. The summed E-state index contributed by atoms with van der Waals surface area (Å²) >= 11 is 0. The third kappa shape index (κ3) is 4.14. The van der Waals surface area contributed by atoms with Gasteiger partial charge in [-0.15, -0.1) is 0 Å². The zero-order valence-electron chi connectivity index (χ0n) is 16.9. The summed E-state index contributed by atoms with van der Waals surface area (Å²) in [6.45, 7) is 8.58. The molecule has 0 saturated heterocycles. The van der Waals surface area contributed by atoms with Gasteiger partial charge in [0.2, 0.25) is 11.8 Å². The van der Waals surface area contributed by atoms with E-state index in [4.69, 9.17) is 4.98 Å². The van der Waals surface area contributed by atoms with Gasteiger partial charge in [-0.2, -0.15) is 0 Å². The molecule has 0 spiro atoms. The first-order valence-electron chi connectivity index (χ1n) is 9.61. The van der Waals surface area contributed by atoms with Crippen LogP contribution in [0, 0.1) is 5.92 Å². The Hall–Kier alpha value is -1.98. The predicted molar refractivity (Wildman–Crippen MR) is 104 cm³/mol. The number of imidazole rings is 1. The van der Waals surface area contributed by atoms with Crippen LogP contribution in [0.2, 0.25) is 0 Å². The maximum absolute atomic E-state index is 13.5. The van der Waals surface area contributed by atoms with E-state index in [0.717, 1.165) is 22.5 Å². The van der Waals surface area contributed by atoms with Crippen molar-refractivity contribution >= 4 is 22.6 Å². The second kappa shape index (κ2) is 6.88. The van der Waals surface area contributed by atoms with Crippen molar-refractivity contribution < 1.29 is 13.6 Å². The van der Waals surface area contributed by atoms with E-state index in [-0.39, 0.29) is 30.1 Å². The lowest BCUT2D eigenvalue weighted by Gasteiger charge is -2.30. The predicted octanol–water partition coefficient (Wildman–Crippen LogP) is 5.14. The van der Waals surface area contributed by atoms with Gasteiger partial charge in [-0.25, -0.2) is 13.8 Å². The molecule has 1 aromatic heterocycles. The number of alkyl halides is 2. The van der Waals surface area contributed by atoms with Gasteiger partial charge in [0.15, 0.2) is 0 Å². The molecule has 1 aliphatic carbocycles. The smallest absolute Gasteiger partial charge is 0.248 e. The van der Waals surface area contributed by atoms with Crippen LogP contribution in [-0.2, 0) is 16.8 Å². The number of carbonyl (C=O) groups excluding carboxylic acids is 1. The molecule has 1 aliphatic rings. The lowest BCUT2D eigenvalue weighted by Crippen LogP contribution is -2.28. The SMILES string of the molecule is CC(=O)N(C)c1ccc2c(c1)nc(C(C)(C)C)n2CC1CCC(F)(F)CC1. The fourth-order valence-electron chi connectivity index (χ4n) is 3.81. The summed E-state index contributed by atoms with van der Waals surface area (Å²) < 4.78 is 29.2. The summed E-state index contributed by atoms with van der Waals surface area (Å²) in [6, 6.07) is 5.84. The van der Waals surface area contributed by atoms with E-state index < -0.39 is 5.92 Å². The quantitative estimate of drug-likeness (QED) is 0.743. The molecule has 6 heteroatoms. The maximum atomic E-state index is 13.5. The summed E-state index contributed by atoms with van der Waals surface area (Å²) in [6.07, 6.45) is 1.04. The summed E-state index contributed by atoms with van der Waals surface area (Å²) in [4.78, 5) is 18.1. The summed E-state index contributed by atoms with van der Waals surface area (Å²) in [7, 11) is 1.74. The number of halogens is 2. The van der Waals surface area contributed by atoms with Gasteiger partial charge in [0.05, 0.1) is 11.0 Å². The van der Waals surface area contributed by atoms with Crippen LogP contribution in [0.3, 0.4) is 0 Å². The molecule has 3 rings (SSSR count). The first-order chi connectivity index (χ1) is 12.5. The normalized spacial score (nSPS) is 18.0. The van der Waals surface area contributed by atoms with Gasteiger partial charge in [0, 0.05) is 44.5 Å². The van der Waals surface area contributed by atoms with Crippen LogP contribution in [0.1, 0.15) is 59.2 Å². The molecule has 148 valence electrons. The maximum Gasteiger partial charge on any atom is 0.248 e. The lowest BCUT2D eigenvalue weighted by atomic mass is 9.86. The molecule has 0 N–H and O–H groups in total. The van der Waals surface area contributed by atoms with E-state index in [2.05, 4.69) is 25.3 Å². The molecule has 2 aromatic rings. The number of carbonyl (C=O) groups is 1. The first-order valence-corrected chi connectivity index (χ1v) is 9.61. The molecule has 0 bridgehead atoms. The zero-order chi connectivity index (χ0) is 20.0. The molecule has 27 heavy (non-hydrogen) atoms. The Bertz CT molecular complexity index is 841. The van der Waals surface area contributed by atoms with Crippen molar-refractivity contribution in [2.45, 2.75) is 71.3 Å². The van der Waals surface area contributed by atoms with Gasteiger partial charge in [0.25, 0.3) is 0 Å². The highest BCUT2D eigenvalue weighted by atomic mass is 19.3. The van der Waals surface area contributed by atoms with E-state index in [1.807, 2.05) is 18.2 Å². The topological polar surface area (TPSA) is 38.1 Å². The minimum absolute atomic E-state index is 0.0251. The summed E-state index contributed by atoms with van der Waals surface area (Å²) in [5.41, 5.74) is 2.48. The molecule has 0 atom stereocenters. The number of anilines is 1. The number of rotatable bonds is 3. The summed E-state index contributed by atoms with van der Waals surface area (Å²) in [5, 5.41) is 0. The number of amides is 1. The standard InChI is InChI=1S/C21H29F2N3O/c1-14(27)25(5)16-6-7-18-17(12-16)24-19(20(2,3)4)26(18)13-15-8-10-21(22,23)11-9-15/h6-7,12,15H,8-11,13H2,1-5H3. The lowest BCUT2D eigenvalue weighted by molar-refractivity contribution is -0.116. The third-order valence-electron chi connectivity index (χ3n) is 5.54. The average molecular weight is 377 g/mol. The second-order valence-electron chi connectivity index (χ2n) is 8.85. The van der Waals surface area contributed by atoms with Crippen molar-refractivity contribution in [1.29, 1.82) is 0 Å². The number of nitrogens with zero attached hydrogens (tertiary/aromatic N) is 3. The average Bonchev–Trinajstić information content (AvgIpc) is 2.94. The van der Waals surface area contributed by atoms with Gasteiger partial charge in [0.1, 0.15) is 5.82 Å². The largest absolute Gasteiger partial charge is 0.327 e. The first kappa shape index (κ1) is 19.8. The number of aromatic nitrogens is 2. The highest BCUT2D eigenvalue weighted by molar-refractivity contribution is 5.93. The minimum Gasteiger partial charge on any atom is -0.327 e. The minimum atomic E-state index is -2.51. The fourth-order valence-corrected chi connectivity index (χ4v) is 3.81. The Labute approximate surface area is 159 Å². The number of fused-ring (bicyclic) bond motifs is 1. The van der Waals surface area contributed by atoms with Gasteiger partial charge in [-0.3, -0.25) is 4.79 Å². The van der Waals surface area contributed by atoms with Crippen LogP contribution in [0.4, 0.5) is 14.5 Å². The van der Waals surface area contributed by atoms with E-state index in [1.54, 1.807) is 11.9 Å². The van der Waals surface area contributed by atoms with Crippen LogP contribution in [0.15, 0.2) is 18.2 Å². The molecule has 1 amide bonds. The van der Waals surface area contributed by atoms with E-state index in [0.29, 0.717) is 19.4 Å². The van der Waals surface area contributed by atoms with Crippen molar-refractivity contribution in [3.63, 3.8) is 0 Å². The van der Waals surface area contributed by atoms with Crippen molar-refractivity contribution in [3.05, 3.63) is 24.0 Å². The molecule has 1 aromatic carbocycles. The van der Waals surface area contributed by atoms with Crippen LogP contribution >= 0.6 is 0 Å². The summed E-state index contributed by atoms with van der Waals surface area (Å²) in [5.74, 6) is -1.35. The molecular formula is C21H29F2N3O. The van der Waals surface area contributed by atoms with Crippen LogP contribution in [0.25, 0.3) is 11.0 Å². The number of benzene rings is 1. The fraction of sp³-hybridized carbons (Fsp3) is 0.619. The Balaban J connectivity index is 1.98. The van der Waals surface area contributed by atoms with Crippen molar-refractivity contribution in [2.24, 2.45) is 5.92 Å². The molecule has 1 heterocycles. The third-order valence-corrected chi connectivity index (χ3v) is 5.54. The number of hydrogen-bond acceptors (Lipinski definition) is 2. The van der Waals surface area contributed by atoms with E-state index >= 15 is 0 Å². The Kier molecular flexibility index (Phi) is 5.04. The molecule has 0 radical (unpaired) electrons.